The van der Waals surface area contributed by atoms with Gasteiger partial charge in [0.05, 0.1) is 17.7 Å². The van der Waals surface area contributed by atoms with Crippen molar-refractivity contribution in [2.75, 3.05) is 20.7 Å². The van der Waals surface area contributed by atoms with Gasteiger partial charge in [-0.2, -0.15) is 0 Å². The zero-order chi connectivity index (χ0) is 14.6. The fourth-order valence-corrected chi connectivity index (χ4v) is 2.05. The Morgan fingerprint density at radius 1 is 1.58 bits per heavy atom. The molecule has 1 rings (SSSR count). The Bertz CT molecular complexity index is 494. The summed E-state index contributed by atoms with van der Waals surface area (Å²) in [7, 11) is 3.26. The van der Waals surface area contributed by atoms with Gasteiger partial charge in [0.15, 0.2) is 0 Å². The van der Waals surface area contributed by atoms with Gasteiger partial charge in [0.2, 0.25) is 0 Å². The van der Waals surface area contributed by atoms with Crippen LogP contribution in [-0.2, 0) is 0 Å². The molecule has 0 aromatic heterocycles. The summed E-state index contributed by atoms with van der Waals surface area (Å²) < 4.78 is 6.08. The van der Waals surface area contributed by atoms with E-state index in [1.807, 2.05) is 6.92 Å². The molecule has 0 fully saturated rings. The Balaban J connectivity index is 2.91. The maximum Gasteiger partial charge on any atom is 0.257 e. The van der Waals surface area contributed by atoms with Gasteiger partial charge in [-0.25, -0.2) is 0 Å². The molecule has 1 amide bonds. The highest BCUT2D eigenvalue weighted by atomic mass is 79.9. The van der Waals surface area contributed by atoms with E-state index >= 15 is 0 Å². The normalized spacial score (nSPS) is 11.8. The quantitative estimate of drug-likeness (QED) is 0.833. The van der Waals surface area contributed by atoms with Crippen LogP contribution in [0.4, 0.5) is 0 Å². The number of carbonyl (C=O) groups excluding carboxylic acids is 1. The third-order valence-electron chi connectivity index (χ3n) is 2.77. The number of carbonyl (C=O) groups is 1. The lowest BCUT2D eigenvalue weighted by molar-refractivity contribution is 0.0783. The summed E-state index contributed by atoms with van der Waals surface area (Å²) >= 11 is 8.26. The Kier molecular flexibility index (Phi) is 5.75. The molecule has 0 spiro atoms. The average molecular weight is 345 g/mol. The topological polar surface area (TPSA) is 55.6 Å². The molecule has 0 aliphatic heterocycles. The first-order chi connectivity index (χ1) is 8.86. The van der Waals surface area contributed by atoms with Crippen molar-refractivity contribution in [1.82, 2.24) is 4.90 Å². The highest BCUT2D eigenvalue weighted by molar-refractivity contribution is 9.10. The molecule has 2 N–H and O–H groups in total. The first-order valence-electron chi connectivity index (χ1n) is 5.75. The van der Waals surface area contributed by atoms with Gasteiger partial charge >= 0.3 is 0 Å². The Morgan fingerprint density at radius 3 is 2.74 bits per heavy atom. The van der Waals surface area contributed by atoms with Crippen LogP contribution in [0, 0.1) is 5.92 Å². The van der Waals surface area contributed by atoms with Crippen LogP contribution in [0.5, 0.6) is 5.75 Å². The van der Waals surface area contributed by atoms with E-state index in [1.54, 1.807) is 30.1 Å². The van der Waals surface area contributed by atoms with Gasteiger partial charge in [0, 0.05) is 24.0 Å². The minimum atomic E-state index is -0.118. The molecular formula is C13H17BrN2O2S. The standard InChI is InChI=1S/C13H17BrN2O2S/c1-8(12(15)19)7-16(2)13(17)10-5-4-9(14)6-11(10)18-3/h4-6,8H,7H2,1-3H3,(H2,15,19). The van der Waals surface area contributed by atoms with Gasteiger partial charge in [-0.3, -0.25) is 4.79 Å². The summed E-state index contributed by atoms with van der Waals surface area (Å²) in [6, 6.07) is 5.30. The molecule has 0 saturated heterocycles. The predicted octanol–water partition coefficient (Wildman–Crippen LogP) is 2.45. The second-order valence-electron chi connectivity index (χ2n) is 4.33. The van der Waals surface area contributed by atoms with Crippen LogP contribution in [0.3, 0.4) is 0 Å². The fraction of sp³-hybridized carbons (Fsp3) is 0.385. The number of hydrogen-bond donors (Lipinski definition) is 1. The number of hydrogen-bond acceptors (Lipinski definition) is 3. The van der Waals surface area contributed by atoms with E-state index in [9.17, 15) is 4.79 Å². The molecule has 1 aromatic carbocycles. The molecule has 0 radical (unpaired) electrons. The number of thiocarbonyl (C=S) groups is 1. The van der Waals surface area contributed by atoms with Crippen molar-refractivity contribution in [3.05, 3.63) is 28.2 Å². The van der Waals surface area contributed by atoms with Crippen LogP contribution < -0.4 is 10.5 Å². The average Bonchev–Trinajstić information content (AvgIpc) is 2.37. The molecular weight excluding hydrogens is 328 g/mol. The zero-order valence-corrected chi connectivity index (χ0v) is 13.5. The number of nitrogens with zero attached hydrogens (tertiary/aromatic N) is 1. The number of benzene rings is 1. The molecule has 1 aromatic rings. The van der Waals surface area contributed by atoms with Crippen molar-refractivity contribution >= 4 is 39.0 Å². The first kappa shape index (κ1) is 15.9. The molecule has 1 atom stereocenters. The molecule has 1 unspecified atom stereocenters. The van der Waals surface area contributed by atoms with Gasteiger partial charge in [0.1, 0.15) is 5.75 Å². The fourth-order valence-electron chi connectivity index (χ4n) is 1.63. The van der Waals surface area contributed by atoms with Crippen LogP contribution >= 0.6 is 28.1 Å². The van der Waals surface area contributed by atoms with E-state index < -0.39 is 0 Å². The first-order valence-corrected chi connectivity index (χ1v) is 6.95. The van der Waals surface area contributed by atoms with Crippen molar-refractivity contribution in [2.45, 2.75) is 6.92 Å². The van der Waals surface area contributed by atoms with Crippen molar-refractivity contribution < 1.29 is 9.53 Å². The summed E-state index contributed by atoms with van der Waals surface area (Å²) in [6.45, 7) is 2.37. The Hall–Kier alpha value is -1.14. The lowest BCUT2D eigenvalue weighted by Crippen LogP contribution is -2.35. The summed E-state index contributed by atoms with van der Waals surface area (Å²) in [5.41, 5.74) is 6.08. The van der Waals surface area contributed by atoms with Gasteiger partial charge in [-0.05, 0) is 18.2 Å². The van der Waals surface area contributed by atoms with Crippen LogP contribution in [0.1, 0.15) is 17.3 Å². The number of methoxy groups -OCH3 is 1. The van der Waals surface area contributed by atoms with Crippen molar-refractivity contribution in [3.8, 4) is 5.75 Å². The van der Waals surface area contributed by atoms with E-state index in [0.717, 1.165) is 4.47 Å². The molecule has 0 heterocycles. The predicted molar refractivity (Wildman–Crippen MR) is 83.6 cm³/mol. The number of halogens is 1. The van der Waals surface area contributed by atoms with Gasteiger partial charge in [-0.15, -0.1) is 0 Å². The van der Waals surface area contributed by atoms with E-state index in [1.165, 1.54) is 7.11 Å². The Labute approximate surface area is 127 Å². The monoisotopic (exact) mass is 344 g/mol. The summed E-state index contributed by atoms with van der Waals surface area (Å²) in [5.74, 6) is 0.395. The largest absolute Gasteiger partial charge is 0.496 e. The second kappa shape index (κ2) is 6.86. The van der Waals surface area contributed by atoms with Gasteiger partial charge < -0.3 is 15.4 Å². The second-order valence-corrected chi connectivity index (χ2v) is 5.72. The van der Waals surface area contributed by atoms with Crippen molar-refractivity contribution in [2.24, 2.45) is 11.7 Å². The molecule has 4 nitrogen and oxygen atoms in total. The SMILES string of the molecule is COc1cc(Br)ccc1C(=O)N(C)CC(C)C(N)=S. The van der Waals surface area contributed by atoms with Gasteiger partial charge in [-0.1, -0.05) is 35.1 Å². The van der Waals surface area contributed by atoms with Gasteiger partial charge in [0.25, 0.3) is 5.91 Å². The minimum Gasteiger partial charge on any atom is -0.496 e. The third kappa shape index (κ3) is 4.18. The zero-order valence-electron chi connectivity index (χ0n) is 11.1. The molecule has 6 heteroatoms. The summed E-state index contributed by atoms with van der Waals surface area (Å²) in [5, 5.41) is 0. The molecule has 0 aliphatic carbocycles. The summed E-state index contributed by atoms with van der Waals surface area (Å²) in [4.78, 5) is 14.3. The number of ether oxygens (including phenoxy) is 1. The van der Waals surface area contributed by atoms with Crippen molar-refractivity contribution in [1.29, 1.82) is 0 Å². The Morgan fingerprint density at radius 2 is 2.21 bits per heavy atom. The molecule has 0 aliphatic rings. The highest BCUT2D eigenvalue weighted by Crippen LogP contribution is 2.24. The number of nitrogens with two attached hydrogens (primary N) is 1. The van der Waals surface area contributed by atoms with E-state index in [0.29, 0.717) is 22.8 Å². The van der Waals surface area contributed by atoms with E-state index in [-0.39, 0.29) is 11.8 Å². The molecule has 0 bridgehead atoms. The lowest BCUT2D eigenvalue weighted by Gasteiger charge is -2.22. The van der Waals surface area contributed by atoms with Crippen LogP contribution in [0.15, 0.2) is 22.7 Å². The molecule has 104 valence electrons. The lowest BCUT2D eigenvalue weighted by atomic mass is 10.1. The summed E-state index contributed by atoms with van der Waals surface area (Å²) in [6.07, 6.45) is 0. The van der Waals surface area contributed by atoms with Crippen LogP contribution in [0.2, 0.25) is 0 Å². The van der Waals surface area contributed by atoms with Crippen LogP contribution in [-0.4, -0.2) is 36.5 Å². The maximum absolute atomic E-state index is 12.3. The minimum absolute atomic E-state index is 0.0228. The number of rotatable bonds is 5. The number of amides is 1. The van der Waals surface area contributed by atoms with Crippen LogP contribution in [0.25, 0.3) is 0 Å². The molecule has 19 heavy (non-hydrogen) atoms. The maximum atomic E-state index is 12.3. The smallest absolute Gasteiger partial charge is 0.257 e. The van der Waals surface area contributed by atoms with E-state index in [4.69, 9.17) is 22.7 Å². The third-order valence-corrected chi connectivity index (χ3v) is 3.67. The molecule has 0 saturated carbocycles. The van der Waals surface area contributed by atoms with E-state index in [2.05, 4.69) is 15.9 Å². The highest BCUT2D eigenvalue weighted by Gasteiger charge is 2.19. The van der Waals surface area contributed by atoms with Crippen molar-refractivity contribution in [3.63, 3.8) is 0 Å².